The molecule has 2 atom stereocenters. The number of benzene rings is 2. The van der Waals surface area contributed by atoms with Crippen LogP contribution in [0.5, 0.6) is 5.75 Å². The van der Waals surface area contributed by atoms with Crippen molar-refractivity contribution in [3.05, 3.63) is 59.7 Å². The molecule has 2 aromatic rings. The molecule has 8 heteroatoms. The number of ether oxygens (including phenoxy) is 1. The summed E-state index contributed by atoms with van der Waals surface area (Å²) in [4.78, 5) is 15.6. The van der Waals surface area contributed by atoms with Crippen molar-refractivity contribution in [1.29, 1.82) is 0 Å². The van der Waals surface area contributed by atoms with Crippen LogP contribution in [-0.4, -0.2) is 62.9 Å². The monoisotopic (exact) mass is 485 g/mol. The van der Waals surface area contributed by atoms with Crippen molar-refractivity contribution in [2.45, 2.75) is 56.0 Å². The van der Waals surface area contributed by atoms with Gasteiger partial charge in [0, 0.05) is 30.3 Å². The first-order valence-corrected chi connectivity index (χ1v) is 13.6. The van der Waals surface area contributed by atoms with Crippen LogP contribution in [0.1, 0.15) is 61.0 Å². The van der Waals surface area contributed by atoms with Crippen LogP contribution in [0.4, 0.5) is 0 Å². The molecule has 0 radical (unpaired) electrons. The number of methoxy groups -OCH3 is 1. The molecular weight excluding hydrogens is 450 g/mol. The van der Waals surface area contributed by atoms with Crippen molar-refractivity contribution in [1.82, 2.24) is 14.5 Å². The number of para-hydroxylation sites is 1. The zero-order valence-electron chi connectivity index (χ0n) is 20.1. The summed E-state index contributed by atoms with van der Waals surface area (Å²) in [7, 11) is -1.89. The largest absolute Gasteiger partial charge is 0.496 e. The number of carbonyl (C=O) groups excluding carboxylic acids is 1. The second-order valence-corrected chi connectivity index (χ2v) is 11.1. The molecule has 0 spiro atoms. The van der Waals surface area contributed by atoms with Crippen LogP contribution in [0.25, 0.3) is 0 Å². The van der Waals surface area contributed by atoms with Gasteiger partial charge in [-0.15, -0.1) is 0 Å². The van der Waals surface area contributed by atoms with E-state index in [0.717, 1.165) is 56.5 Å². The molecule has 2 aromatic carbocycles. The van der Waals surface area contributed by atoms with Gasteiger partial charge < -0.3 is 10.1 Å². The molecule has 2 heterocycles. The Morgan fingerprint density at radius 2 is 1.71 bits per heavy atom. The highest BCUT2D eigenvalue weighted by Gasteiger charge is 2.31. The minimum absolute atomic E-state index is 0.000719. The summed E-state index contributed by atoms with van der Waals surface area (Å²) in [5.41, 5.74) is 1.51. The van der Waals surface area contributed by atoms with E-state index in [1.807, 2.05) is 25.1 Å². The number of amides is 1. The van der Waals surface area contributed by atoms with E-state index >= 15 is 0 Å². The summed E-state index contributed by atoms with van der Waals surface area (Å²) in [5.74, 6) is 0.601. The van der Waals surface area contributed by atoms with E-state index in [9.17, 15) is 13.2 Å². The lowest BCUT2D eigenvalue weighted by atomic mass is 10.0. The van der Waals surface area contributed by atoms with E-state index in [1.165, 1.54) is 0 Å². The number of hydrogen-bond acceptors (Lipinski definition) is 5. The number of nitrogens with zero attached hydrogens (tertiary/aromatic N) is 2. The van der Waals surface area contributed by atoms with E-state index in [2.05, 4.69) is 16.3 Å². The predicted octanol–water partition coefficient (Wildman–Crippen LogP) is 3.83. The van der Waals surface area contributed by atoms with Crippen molar-refractivity contribution in [3.63, 3.8) is 0 Å². The molecule has 0 unspecified atom stereocenters. The highest BCUT2D eigenvalue weighted by molar-refractivity contribution is 7.89. The van der Waals surface area contributed by atoms with E-state index in [4.69, 9.17) is 4.74 Å². The quantitative estimate of drug-likeness (QED) is 0.615. The molecule has 1 N–H and O–H groups in total. The Bertz CT molecular complexity index is 1080. The molecule has 2 aliphatic heterocycles. The third-order valence-corrected chi connectivity index (χ3v) is 9.03. The molecule has 0 aromatic heterocycles. The smallest absolute Gasteiger partial charge is 0.251 e. The normalized spacial score (nSPS) is 20.7. The van der Waals surface area contributed by atoms with Crippen LogP contribution < -0.4 is 10.1 Å². The van der Waals surface area contributed by atoms with Gasteiger partial charge in [-0.05, 0) is 76.0 Å². The maximum Gasteiger partial charge on any atom is 0.251 e. The molecule has 1 amide bonds. The Labute approximate surface area is 203 Å². The molecule has 0 saturated carbocycles. The SMILES string of the molecule is COc1ccccc1[C@H](CNC(=O)c1ccc(S(=O)(=O)N2CCCC[C@@H]2C)cc1)N1CCCC1. The third-order valence-electron chi connectivity index (χ3n) is 7.00. The van der Waals surface area contributed by atoms with Crippen molar-refractivity contribution in [3.8, 4) is 5.75 Å². The van der Waals surface area contributed by atoms with Gasteiger partial charge in [-0.1, -0.05) is 24.6 Å². The number of sulfonamides is 1. The molecule has 2 saturated heterocycles. The molecule has 7 nitrogen and oxygen atoms in total. The van der Waals surface area contributed by atoms with E-state index < -0.39 is 10.0 Å². The van der Waals surface area contributed by atoms with Gasteiger partial charge in [-0.25, -0.2) is 8.42 Å². The standard InChI is InChI=1S/C26H35N3O4S/c1-20-9-5-6-18-29(20)34(31,32)22-14-12-21(13-15-22)26(30)27-19-24(28-16-7-8-17-28)23-10-3-4-11-25(23)33-2/h3-4,10-15,20,24H,5-9,16-19H2,1-2H3,(H,27,30)/t20-,24-/m0/s1. The minimum atomic E-state index is -3.55. The fourth-order valence-corrected chi connectivity index (χ4v) is 6.76. The zero-order valence-corrected chi connectivity index (χ0v) is 20.9. The van der Waals surface area contributed by atoms with Gasteiger partial charge in [0.1, 0.15) is 5.75 Å². The lowest BCUT2D eigenvalue weighted by molar-refractivity contribution is 0.0937. The fourth-order valence-electron chi connectivity index (χ4n) is 5.06. The van der Waals surface area contributed by atoms with Crippen LogP contribution in [0, 0.1) is 0 Å². The number of hydrogen-bond donors (Lipinski definition) is 1. The second kappa shape index (κ2) is 10.9. The van der Waals surface area contributed by atoms with Crippen LogP contribution >= 0.6 is 0 Å². The number of likely N-dealkylation sites (tertiary alicyclic amines) is 1. The van der Waals surface area contributed by atoms with Crippen LogP contribution in [0.3, 0.4) is 0 Å². The number of carbonyl (C=O) groups is 1. The maximum atomic E-state index is 13.1. The molecule has 2 fully saturated rings. The first-order chi connectivity index (χ1) is 16.4. The van der Waals surface area contributed by atoms with Crippen LogP contribution in [0.15, 0.2) is 53.4 Å². The summed E-state index contributed by atoms with van der Waals surface area (Å²) in [6.07, 6.45) is 5.11. The summed E-state index contributed by atoms with van der Waals surface area (Å²) < 4.78 is 33.3. The van der Waals surface area contributed by atoms with Gasteiger partial charge in [0.05, 0.1) is 18.0 Å². The fraction of sp³-hybridized carbons (Fsp3) is 0.500. The Balaban J connectivity index is 1.46. The van der Waals surface area contributed by atoms with Crippen molar-refractivity contribution >= 4 is 15.9 Å². The van der Waals surface area contributed by atoms with E-state index in [1.54, 1.807) is 35.7 Å². The lowest BCUT2D eigenvalue weighted by Gasteiger charge is -2.32. The first kappa shape index (κ1) is 24.7. The summed E-state index contributed by atoms with van der Waals surface area (Å²) in [6.45, 7) is 4.92. The summed E-state index contributed by atoms with van der Waals surface area (Å²) >= 11 is 0. The number of nitrogens with one attached hydrogen (secondary N) is 1. The minimum Gasteiger partial charge on any atom is -0.496 e. The highest BCUT2D eigenvalue weighted by Crippen LogP contribution is 2.31. The average molecular weight is 486 g/mol. The lowest BCUT2D eigenvalue weighted by Crippen LogP contribution is -2.41. The number of rotatable bonds is 8. The Hall–Kier alpha value is -2.42. The zero-order chi connectivity index (χ0) is 24.1. The van der Waals surface area contributed by atoms with Gasteiger partial charge in [0.25, 0.3) is 5.91 Å². The van der Waals surface area contributed by atoms with Crippen LogP contribution in [0.2, 0.25) is 0 Å². The molecule has 4 rings (SSSR count). The van der Waals surface area contributed by atoms with Crippen molar-refractivity contribution in [2.24, 2.45) is 0 Å². The molecule has 0 bridgehead atoms. The van der Waals surface area contributed by atoms with Gasteiger partial charge in [0.2, 0.25) is 10.0 Å². The summed E-state index contributed by atoms with van der Waals surface area (Å²) in [6, 6.07) is 14.2. The number of piperidine rings is 1. The molecule has 184 valence electrons. The Kier molecular flexibility index (Phi) is 7.91. The predicted molar refractivity (Wildman–Crippen MR) is 133 cm³/mol. The molecule has 34 heavy (non-hydrogen) atoms. The first-order valence-electron chi connectivity index (χ1n) is 12.2. The van der Waals surface area contributed by atoms with Crippen molar-refractivity contribution in [2.75, 3.05) is 33.3 Å². The molecular formula is C26H35N3O4S. The maximum absolute atomic E-state index is 13.1. The summed E-state index contributed by atoms with van der Waals surface area (Å²) in [5, 5.41) is 3.06. The average Bonchev–Trinajstić information content (AvgIpc) is 3.39. The topological polar surface area (TPSA) is 78.9 Å². The van der Waals surface area contributed by atoms with Crippen LogP contribution in [-0.2, 0) is 10.0 Å². The van der Waals surface area contributed by atoms with E-state index in [-0.39, 0.29) is 22.9 Å². The Morgan fingerprint density at radius 1 is 1.03 bits per heavy atom. The molecule has 2 aliphatic rings. The van der Waals surface area contributed by atoms with Gasteiger partial charge >= 0.3 is 0 Å². The van der Waals surface area contributed by atoms with Crippen molar-refractivity contribution < 1.29 is 17.9 Å². The third kappa shape index (κ3) is 5.29. The molecule has 0 aliphatic carbocycles. The van der Waals surface area contributed by atoms with Gasteiger partial charge in [0.15, 0.2) is 0 Å². The second-order valence-electron chi connectivity index (χ2n) is 9.20. The van der Waals surface area contributed by atoms with E-state index in [0.29, 0.717) is 18.7 Å². The Morgan fingerprint density at radius 3 is 2.38 bits per heavy atom. The van der Waals surface area contributed by atoms with Gasteiger partial charge in [-0.2, -0.15) is 4.31 Å². The highest BCUT2D eigenvalue weighted by atomic mass is 32.2. The van der Waals surface area contributed by atoms with Gasteiger partial charge in [-0.3, -0.25) is 9.69 Å².